The molecule has 0 aliphatic carbocycles. The Kier molecular flexibility index (Phi) is 3.32. The highest BCUT2D eigenvalue weighted by Crippen LogP contribution is 2.28. The standard InChI is InChI=1S/C15H22N4/c1-18-11-12(9-13-5-2-3-6-14(13)18)10-17-15(16)19-7-4-8-19/h2-3,5-6,12H,4,7-11H2,1H3,(H2,16,17). The number of guanidine groups is 1. The van der Waals surface area contributed by atoms with Crippen LogP contribution in [0.15, 0.2) is 29.3 Å². The number of likely N-dealkylation sites (tertiary alicyclic amines) is 1. The molecule has 2 heterocycles. The van der Waals surface area contributed by atoms with Crippen LogP contribution < -0.4 is 10.6 Å². The van der Waals surface area contributed by atoms with Crippen molar-refractivity contribution in [3.8, 4) is 0 Å². The van der Waals surface area contributed by atoms with Crippen molar-refractivity contribution in [3.63, 3.8) is 0 Å². The first-order valence-electron chi connectivity index (χ1n) is 7.08. The van der Waals surface area contributed by atoms with Crippen molar-refractivity contribution in [1.82, 2.24) is 4.90 Å². The van der Waals surface area contributed by atoms with Crippen LogP contribution in [0.25, 0.3) is 0 Å². The molecule has 1 aromatic carbocycles. The molecule has 1 saturated heterocycles. The summed E-state index contributed by atoms with van der Waals surface area (Å²) < 4.78 is 0. The first-order valence-corrected chi connectivity index (χ1v) is 7.08. The minimum absolute atomic E-state index is 0.569. The molecule has 1 unspecified atom stereocenters. The summed E-state index contributed by atoms with van der Waals surface area (Å²) in [5.74, 6) is 1.30. The molecule has 0 amide bonds. The number of fused-ring (bicyclic) bond motifs is 1. The summed E-state index contributed by atoms with van der Waals surface area (Å²) in [4.78, 5) is 9.06. The Morgan fingerprint density at radius 1 is 1.37 bits per heavy atom. The van der Waals surface area contributed by atoms with Gasteiger partial charge in [0.2, 0.25) is 0 Å². The number of rotatable bonds is 2. The summed E-state index contributed by atoms with van der Waals surface area (Å²) in [7, 11) is 2.16. The highest BCUT2D eigenvalue weighted by atomic mass is 15.3. The predicted octanol–water partition coefficient (Wildman–Crippen LogP) is 1.32. The lowest BCUT2D eigenvalue weighted by molar-refractivity contribution is 0.295. The normalized spacial score (nSPS) is 23.0. The van der Waals surface area contributed by atoms with Gasteiger partial charge in [-0.05, 0) is 24.5 Å². The molecule has 102 valence electrons. The molecule has 0 spiro atoms. The van der Waals surface area contributed by atoms with Gasteiger partial charge in [0.15, 0.2) is 5.96 Å². The molecule has 0 bridgehead atoms. The topological polar surface area (TPSA) is 44.9 Å². The predicted molar refractivity (Wildman–Crippen MR) is 79.6 cm³/mol. The Morgan fingerprint density at radius 3 is 2.89 bits per heavy atom. The van der Waals surface area contributed by atoms with Crippen LogP contribution in [0.4, 0.5) is 5.69 Å². The van der Waals surface area contributed by atoms with Gasteiger partial charge in [-0.3, -0.25) is 4.99 Å². The Hall–Kier alpha value is -1.71. The largest absolute Gasteiger partial charge is 0.374 e. The number of hydrogen-bond acceptors (Lipinski definition) is 2. The minimum atomic E-state index is 0.569. The average molecular weight is 258 g/mol. The van der Waals surface area contributed by atoms with E-state index in [4.69, 9.17) is 5.73 Å². The maximum atomic E-state index is 5.99. The number of nitrogens with zero attached hydrogens (tertiary/aromatic N) is 3. The summed E-state index contributed by atoms with van der Waals surface area (Å²) in [6.45, 7) is 4.04. The second-order valence-corrected chi connectivity index (χ2v) is 5.62. The van der Waals surface area contributed by atoms with E-state index in [1.165, 1.54) is 17.7 Å². The first-order chi connectivity index (χ1) is 9.24. The van der Waals surface area contributed by atoms with Crippen LogP contribution in [-0.4, -0.2) is 44.1 Å². The van der Waals surface area contributed by atoms with Crippen LogP contribution in [-0.2, 0) is 6.42 Å². The summed E-state index contributed by atoms with van der Waals surface area (Å²) in [5.41, 5.74) is 8.78. The van der Waals surface area contributed by atoms with Gasteiger partial charge in [-0.2, -0.15) is 0 Å². The van der Waals surface area contributed by atoms with E-state index >= 15 is 0 Å². The molecule has 4 nitrogen and oxygen atoms in total. The monoisotopic (exact) mass is 258 g/mol. The molecule has 0 aromatic heterocycles. The Morgan fingerprint density at radius 2 is 2.16 bits per heavy atom. The minimum Gasteiger partial charge on any atom is -0.374 e. The maximum absolute atomic E-state index is 5.99. The van der Waals surface area contributed by atoms with Crippen LogP contribution in [0.5, 0.6) is 0 Å². The number of aliphatic imine (C=N–C) groups is 1. The van der Waals surface area contributed by atoms with Gasteiger partial charge in [0.05, 0.1) is 0 Å². The van der Waals surface area contributed by atoms with Crippen molar-refractivity contribution in [2.45, 2.75) is 12.8 Å². The van der Waals surface area contributed by atoms with E-state index in [0.29, 0.717) is 5.92 Å². The molecule has 4 heteroatoms. The zero-order valence-electron chi connectivity index (χ0n) is 11.5. The number of nitrogens with two attached hydrogens (primary N) is 1. The summed E-state index contributed by atoms with van der Waals surface area (Å²) in [6.07, 6.45) is 2.35. The number of hydrogen-bond donors (Lipinski definition) is 1. The van der Waals surface area contributed by atoms with E-state index < -0.39 is 0 Å². The molecule has 2 aliphatic rings. The lowest BCUT2D eigenvalue weighted by Crippen LogP contribution is -2.46. The molecule has 1 fully saturated rings. The van der Waals surface area contributed by atoms with E-state index in [1.54, 1.807) is 0 Å². The molecule has 0 saturated carbocycles. The van der Waals surface area contributed by atoms with E-state index in [2.05, 4.69) is 46.1 Å². The van der Waals surface area contributed by atoms with Gasteiger partial charge in [0.25, 0.3) is 0 Å². The highest BCUT2D eigenvalue weighted by Gasteiger charge is 2.22. The fourth-order valence-electron chi connectivity index (χ4n) is 2.91. The summed E-state index contributed by atoms with van der Waals surface area (Å²) in [5, 5.41) is 0. The molecule has 19 heavy (non-hydrogen) atoms. The van der Waals surface area contributed by atoms with Crippen LogP contribution in [0, 0.1) is 5.92 Å². The Bertz CT molecular complexity index is 479. The fourth-order valence-corrected chi connectivity index (χ4v) is 2.91. The van der Waals surface area contributed by atoms with Crippen LogP contribution in [0.2, 0.25) is 0 Å². The van der Waals surface area contributed by atoms with Gasteiger partial charge >= 0.3 is 0 Å². The van der Waals surface area contributed by atoms with E-state index in [-0.39, 0.29) is 0 Å². The fraction of sp³-hybridized carbons (Fsp3) is 0.533. The molecule has 2 aliphatic heterocycles. The second-order valence-electron chi connectivity index (χ2n) is 5.62. The quantitative estimate of drug-likeness (QED) is 0.643. The average Bonchev–Trinajstić information content (AvgIpc) is 2.34. The lowest BCUT2D eigenvalue weighted by Gasteiger charge is -2.34. The number of anilines is 1. The summed E-state index contributed by atoms with van der Waals surface area (Å²) >= 11 is 0. The SMILES string of the molecule is CN1CC(CN=C(N)N2CCC2)Cc2ccccc21. The Balaban J connectivity index is 1.65. The van der Waals surface area contributed by atoms with E-state index in [0.717, 1.165) is 38.6 Å². The van der Waals surface area contributed by atoms with Crippen molar-refractivity contribution in [2.75, 3.05) is 38.1 Å². The smallest absolute Gasteiger partial charge is 0.191 e. The third-order valence-corrected chi connectivity index (χ3v) is 4.14. The first kappa shape index (κ1) is 12.3. The van der Waals surface area contributed by atoms with Gasteiger partial charge in [0.1, 0.15) is 0 Å². The number of benzene rings is 1. The number of para-hydroxylation sites is 1. The van der Waals surface area contributed by atoms with Crippen molar-refractivity contribution in [2.24, 2.45) is 16.6 Å². The zero-order valence-corrected chi connectivity index (χ0v) is 11.5. The van der Waals surface area contributed by atoms with Gasteiger partial charge < -0.3 is 15.5 Å². The molecular weight excluding hydrogens is 236 g/mol. The zero-order chi connectivity index (χ0) is 13.2. The van der Waals surface area contributed by atoms with Gasteiger partial charge in [-0.15, -0.1) is 0 Å². The van der Waals surface area contributed by atoms with Gasteiger partial charge in [0, 0.05) is 44.8 Å². The molecule has 3 rings (SSSR count). The summed E-state index contributed by atoms with van der Waals surface area (Å²) in [6, 6.07) is 8.65. The van der Waals surface area contributed by atoms with Crippen LogP contribution >= 0.6 is 0 Å². The van der Waals surface area contributed by atoms with Crippen LogP contribution in [0.3, 0.4) is 0 Å². The molecule has 1 aromatic rings. The molecular formula is C15H22N4. The van der Waals surface area contributed by atoms with Crippen LogP contribution in [0.1, 0.15) is 12.0 Å². The van der Waals surface area contributed by atoms with Crippen molar-refractivity contribution < 1.29 is 0 Å². The lowest BCUT2D eigenvalue weighted by atomic mass is 9.93. The van der Waals surface area contributed by atoms with E-state index in [1.807, 2.05) is 0 Å². The molecule has 2 N–H and O–H groups in total. The van der Waals surface area contributed by atoms with Crippen molar-refractivity contribution in [3.05, 3.63) is 29.8 Å². The third kappa shape index (κ3) is 2.53. The second kappa shape index (κ2) is 5.11. The Labute approximate surface area is 114 Å². The van der Waals surface area contributed by atoms with Gasteiger partial charge in [-0.25, -0.2) is 0 Å². The van der Waals surface area contributed by atoms with E-state index in [9.17, 15) is 0 Å². The molecule has 1 atom stereocenters. The highest BCUT2D eigenvalue weighted by molar-refractivity contribution is 5.78. The maximum Gasteiger partial charge on any atom is 0.191 e. The van der Waals surface area contributed by atoms with Gasteiger partial charge in [-0.1, -0.05) is 18.2 Å². The van der Waals surface area contributed by atoms with Crippen molar-refractivity contribution >= 4 is 11.6 Å². The molecule has 0 radical (unpaired) electrons. The van der Waals surface area contributed by atoms with Crippen molar-refractivity contribution in [1.29, 1.82) is 0 Å². The third-order valence-electron chi connectivity index (χ3n) is 4.14.